The molecule has 0 saturated carbocycles. The lowest BCUT2D eigenvalue weighted by molar-refractivity contribution is 0.0945. The molecule has 0 bridgehead atoms. The topological polar surface area (TPSA) is 80.1 Å². The number of pyridine rings is 1. The number of hydrogen-bond donors (Lipinski definition) is 1. The second-order valence-electron chi connectivity index (χ2n) is 8.14. The highest BCUT2D eigenvalue weighted by Gasteiger charge is 2.15. The summed E-state index contributed by atoms with van der Waals surface area (Å²) in [5.41, 5.74) is 1.72. The molecule has 1 N–H and O–H groups in total. The van der Waals surface area contributed by atoms with Gasteiger partial charge < -0.3 is 10.2 Å². The minimum absolute atomic E-state index is 0.0916. The van der Waals surface area contributed by atoms with Crippen LogP contribution in [-0.2, 0) is 13.1 Å². The number of hydrogen-bond acceptors (Lipinski definition) is 5. The van der Waals surface area contributed by atoms with Gasteiger partial charge in [-0.15, -0.1) is 0 Å². The van der Waals surface area contributed by atoms with Crippen LogP contribution in [-0.4, -0.2) is 45.2 Å². The molecular formula is C25H25N5O2. The van der Waals surface area contributed by atoms with E-state index in [1.807, 2.05) is 54.6 Å². The number of benzene rings is 2. The second-order valence-corrected chi connectivity index (χ2v) is 8.14. The first-order valence-electron chi connectivity index (χ1n) is 11.0. The molecule has 2 aromatic carbocycles. The second kappa shape index (κ2) is 8.88. The summed E-state index contributed by atoms with van der Waals surface area (Å²) in [4.78, 5) is 32.5. The summed E-state index contributed by atoms with van der Waals surface area (Å²) >= 11 is 0. The minimum atomic E-state index is -0.267. The third-order valence-electron chi connectivity index (χ3n) is 6.02. The third-order valence-corrected chi connectivity index (χ3v) is 6.02. The van der Waals surface area contributed by atoms with E-state index in [0.717, 1.165) is 35.9 Å². The van der Waals surface area contributed by atoms with E-state index in [-0.39, 0.29) is 18.0 Å². The molecule has 162 valence electrons. The van der Waals surface area contributed by atoms with Crippen molar-refractivity contribution in [2.75, 3.05) is 19.6 Å². The number of nitrogens with one attached hydrogen (secondary N) is 1. The first-order chi connectivity index (χ1) is 15.7. The molecule has 0 aliphatic carbocycles. The van der Waals surface area contributed by atoms with Gasteiger partial charge in [-0.3, -0.25) is 9.59 Å². The zero-order valence-electron chi connectivity index (χ0n) is 17.8. The van der Waals surface area contributed by atoms with Crippen LogP contribution < -0.4 is 10.9 Å². The summed E-state index contributed by atoms with van der Waals surface area (Å²) in [6.07, 6.45) is 2.42. The maximum absolute atomic E-state index is 13.0. The Morgan fingerprint density at radius 3 is 2.50 bits per heavy atom. The Morgan fingerprint density at radius 1 is 0.906 bits per heavy atom. The van der Waals surface area contributed by atoms with E-state index < -0.39 is 0 Å². The van der Waals surface area contributed by atoms with Crippen molar-refractivity contribution in [1.29, 1.82) is 0 Å². The van der Waals surface area contributed by atoms with Gasteiger partial charge in [0, 0.05) is 17.3 Å². The van der Waals surface area contributed by atoms with E-state index in [1.165, 1.54) is 17.5 Å². The van der Waals surface area contributed by atoms with Crippen molar-refractivity contribution in [1.82, 2.24) is 25.0 Å². The highest BCUT2D eigenvalue weighted by atomic mass is 16.2. The normalized spacial score (nSPS) is 14.2. The van der Waals surface area contributed by atoms with Crippen LogP contribution in [0.25, 0.3) is 21.7 Å². The third kappa shape index (κ3) is 4.11. The van der Waals surface area contributed by atoms with Gasteiger partial charge in [0.15, 0.2) is 0 Å². The maximum atomic E-state index is 13.0. The number of fused-ring (bicyclic) bond motifs is 2. The predicted molar refractivity (Wildman–Crippen MR) is 125 cm³/mol. The van der Waals surface area contributed by atoms with Gasteiger partial charge in [-0.2, -0.15) is 5.10 Å². The first kappa shape index (κ1) is 20.3. The molecule has 4 aromatic rings. The molecule has 0 radical (unpaired) electrons. The molecule has 2 aromatic heterocycles. The lowest BCUT2D eigenvalue weighted by Crippen LogP contribution is -2.32. The predicted octanol–water partition coefficient (Wildman–Crippen LogP) is 2.97. The van der Waals surface area contributed by atoms with Gasteiger partial charge in [0.05, 0.1) is 29.7 Å². The minimum Gasteiger partial charge on any atom is -0.345 e. The van der Waals surface area contributed by atoms with Gasteiger partial charge in [-0.05, 0) is 44.1 Å². The van der Waals surface area contributed by atoms with Gasteiger partial charge >= 0.3 is 0 Å². The zero-order chi connectivity index (χ0) is 21.9. The number of rotatable bonds is 6. The van der Waals surface area contributed by atoms with Crippen LogP contribution in [0.15, 0.2) is 65.5 Å². The van der Waals surface area contributed by atoms with Crippen LogP contribution in [0.4, 0.5) is 0 Å². The smallest absolute Gasteiger partial charge is 0.274 e. The Kier molecular flexibility index (Phi) is 5.64. The summed E-state index contributed by atoms with van der Waals surface area (Å²) in [5, 5.41) is 9.92. The summed E-state index contributed by atoms with van der Waals surface area (Å²) in [6.45, 7) is 3.71. The van der Waals surface area contributed by atoms with Crippen molar-refractivity contribution < 1.29 is 4.79 Å². The summed E-state index contributed by atoms with van der Waals surface area (Å²) < 4.78 is 1.54. The standard InChI is InChI=1S/C25H25N5O2/c31-24(22-12-11-18-7-1-4-10-21(18)27-22)26-17-23-19-8-2-3-9-20(19)25(32)30(28-23)16-15-29-13-5-6-14-29/h1-4,7-12H,5-6,13-17H2,(H,26,31). The molecule has 7 heteroatoms. The number of carbonyl (C=O) groups is 1. The Hall–Kier alpha value is -3.58. The SMILES string of the molecule is O=C(NCc1nn(CCN2CCCC2)c(=O)c2ccccc12)c1ccc2ccccc2n1. The first-order valence-corrected chi connectivity index (χ1v) is 11.0. The van der Waals surface area contributed by atoms with Crippen molar-refractivity contribution in [3.05, 3.63) is 82.4 Å². The van der Waals surface area contributed by atoms with E-state index in [4.69, 9.17) is 0 Å². The Balaban J connectivity index is 1.39. The van der Waals surface area contributed by atoms with Crippen LogP contribution >= 0.6 is 0 Å². The van der Waals surface area contributed by atoms with Gasteiger partial charge in [0.25, 0.3) is 11.5 Å². The highest BCUT2D eigenvalue weighted by Crippen LogP contribution is 2.15. The van der Waals surface area contributed by atoms with Crippen LogP contribution in [0.1, 0.15) is 29.0 Å². The molecule has 1 saturated heterocycles. The van der Waals surface area contributed by atoms with Crippen molar-refractivity contribution >= 4 is 27.6 Å². The molecule has 3 heterocycles. The molecule has 1 aliphatic rings. The molecule has 0 atom stereocenters. The number of aromatic nitrogens is 3. The lowest BCUT2D eigenvalue weighted by atomic mass is 10.1. The molecule has 7 nitrogen and oxygen atoms in total. The molecule has 5 rings (SSSR count). The van der Waals surface area contributed by atoms with Crippen LogP contribution in [0.3, 0.4) is 0 Å². The maximum Gasteiger partial charge on any atom is 0.274 e. The highest BCUT2D eigenvalue weighted by molar-refractivity contribution is 5.95. The Labute approximate surface area is 185 Å². The Morgan fingerprint density at radius 2 is 1.66 bits per heavy atom. The lowest BCUT2D eigenvalue weighted by Gasteiger charge is -2.16. The van der Waals surface area contributed by atoms with E-state index in [2.05, 4.69) is 20.3 Å². The fraction of sp³-hybridized carbons (Fsp3) is 0.280. The summed E-state index contributed by atoms with van der Waals surface area (Å²) in [6, 6.07) is 18.8. The number of likely N-dealkylation sites (tertiary alicyclic amines) is 1. The fourth-order valence-corrected chi connectivity index (χ4v) is 4.28. The van der Waals surface area contributed by atoms with E-state index in [9.17, 15) is 9.59 Å². The van der Waals surface area contributed by atoms with Crippen molar-refractivity contribution in [2.24, 2.45) is 0 Å². The monoisotopic (exact) mass is 427 g/mol. The van der Waals surface area contributed by atoms with Crippen LogP contribution in [0.2, 0.25) is 0 Å². The zero-order valence-corrected chi connectivity index (χ0v) is 17.8. The summed E-state index contributed by atoms with van der Waals surface area (Å²) in [7, 11) is 0. The molecule has 0 spiro atoms. The molecule has 1 aliphatic heterocycles. The quantitative estimate of drug-likeness (QED) is 0.512. The summed E-state index contributed by atoms with van der Waals surface area (Å²) in [5.74, 6) is -0.267. The van der Waals surface area contributed by atoms with Gasteiger partial charge in [-0.1, -0.05) is 42.5 Å². The van der Waals surface area contributed by atoms with Crippen LogP contribution in [0, 0.1) is 0 Å². The van der Waals surface area contributed by atoms with E-state index in [0.29, 0.717) is 23.3 Å². The molecular weight excluding hydrogens is 402 g/mol. The number of nitrogens with zero attached hydrogens (tertiary/aromatic N) is 4. The number of amides is 1. The average Bonchev–Trinajstić information content (AvgIpc) is 3.36. The molecule has 1 fully saturated rings. The van der Waals surface area contributed by atoms with E-state index in [1.54, 1.807) is 6.07 Å². The Bertz CT molecular complexity index is 1340. The van der Waals surface area contributed by atoms with E-state index >= 15 is 0 Å². The molecule has 32 heavy (non-hydrogen) atoms. The largest absolute Gasteiger partial charge is 0.345 e. The van der Waals surface area contributed by atoms with Crippen molar-refractivity contribution in [2.45, 2.75) is 25.9 Å². The molecule has 1 amide bonds. The average molecular weight is 428 g/mol. The number of para-hydroxylation sites is 1. The van der Waals surface area contributed by atoms with Crippen LogP contribution in [0.5, 0.6) is 0 Å². The van der Waals surface area contributed by atoms with Gasteiger partial charge in [0.2, 0.25) is 0 Å². The fourth-order valence-electron chi connectivity index (χ4n) is 4.28. The van der Waals surface area contributed by atoms with Gasteiger partial charge in [-0.25, -0.2) is 9.67 Å². The number of carbonyl (C=O) groups excluding carboxylic acids is 1. The van der Waals surface area contributed by atoms with Crippen molar-refractivity contribution in [3.8, 4) is 0 Å². The van der Waals surface area contributed by atoms with Crippen molar-refractivity contribution in [3.63, 3.8) is 0 Å². The van der Waals surface area contributed by atoms with Gasteiger partial charge in [0.1, 0.15) is 5.69 Å². The molecule has 0 unspecified atom stereocenters.